The molecule has 0 N–H and O–H groups in total. The first-order chi connectivity index (χ1) is 12.1. The highest BCUT2D eigenvalue weighted by atomic mass is 16.6. The van der Waals surface area contributed by atoms with E-state index < -0.39 is 16.8 Å². The summed E-state index contributed by atoms with van der Waals surface area (Å²) in [6.07, 6.45) is 0. The molecule has 3 rings (SSSR count). The van der Waals surface area contributed by atoms with Gasteiger partial charge in [-0.3, -0.25) is 9.59 Å². The van der Waals surface area contributed by atoms with Gasteiger partial charge in [0.1, 0.15) is 6.54 Å². The van der Waals surface area contributed by atoms with Crippen LogP contribution in [-0.4, -0.2) is 93.9 Å². The van der Waals surface area contributed by atoms with Crippen LogP contribution in [0.2, 0.25) is 0 Å². The molecule has 12 heteroatoms. The molecule has 1 aromatic rings. The number of carbonyl (C=O) groups excluding carboxylic acids is 2. The number of morpholine rings is 2. The normalized spacial score (nSPS) is 18.2. The third kappa shape index (κ3) is 3.91. The van der Waals surface area contributed by atoms with Crippen molar-refractivity contribution in [2.45, 2.75) is 6.54 Å². The van der Waals surface area contributed by atoms with Crippen LogP contribution < -0.4 is 0 Å². The fourth-order valence-corrected chi connectivity index (χ4v) is 2.62. The minimum absolute atomic E-state index is 0.213. The zero-order chi connectivity index (χ0) is 17.8. The maximum atomic E-state index is 12.6. The Hall–Kier alpha value is -2.60. The number of nitrogens with zero attached hydrogens (tertiary/aromatic N) is 6. The van der Waals surface area contributed by atoms with E-state index in [9.17, 15) is 19.7 Å². The number of nitro groups is 1. The van der Waals surface area contributed by atoms with Crippen LogP contribution in [0, 0.1) is 10.1 Å². The van der Waals surface area contributed by atoms with Gasteiger partial charge in [0.05, 0.1) is 26.4 Å². The number of aromatic nitrogens is 3. The second kappa shape index (κ2) is 7.53. The maximum Gasteiger partial charge on any atom is 0.491 e. The molecule has 0 radical (unpaired) electrons. The lowest BCUT2D eigenvalue weighted by atomic mass is 10.3. The standard InChI is InChI=1S/C13H18N6O6/c20-10(16-1-5-24-6-2-16)9-18-11(14-13(15-18)19(22)23)12(21)17-3-7-25-8-4-17/h1-9H2. The summed E-state index contributed by atoms with van der Waals surface area (Å²) in [6, 6.07) is 0. The zero-order valence-electron chi connectivity index (χ0n) is 13.5. The van der Waals surface area contributed by atoms with Gasteiger partial charge >= 0.3 is 17.7 Å². The topological polar surface area (TPSA) is 133 Å². The number of hydrogen-bond donors (Lipinski definition) is 0. The molecule has 0 bridgehead atoms. The van der Waals surface area contributed by atoms with Crippen LogP contribution in [0.1, 0.15) is 10.6 Å². The molecule has 12 nitrogen and oxygen atoms in total. The lowest BCUT2D eigenvalue weighted by molar-refractivity contribution is -0.394. The molecule has 0 spiro atoms. The SMILES string of the molecule is O=C(Cn1nc([N+](=O)[O-])nc1C(=O)N1CCOCC1)N1CCOCC1. The van der Waals surface area contributed by atoms with Crippen molar-refractivity contribution in [2.24, 2.45) is 0 Å². The van der Waals surface area contributed by atoms with Crippen LogP contribution >= 0.6 is 0 Å². The van der Waals surface area contributed by atoms with Gasteiger partial charge in [-0.2, -0.15) is 4.68 Å². The van der Waals surface area contributed by atoms with Crippen LogP contribution in [-0.2, 0) is 20.8 Å². The Morgan fingerprint density at radius 1 is 1.04 bits per heavy atom. The molecule has 1 aromatic heterocycles. The molecule has 0 aliphatic carbocycles. The Bertz CT molecular complexity index is 664. The van der Waals surface area contributed by atoms with Crippen molar-refractivity contribution in [1.29, 1.82) is 0 Å². The van der Waals surface area contributed by atoms with Gasteiger partial charge in [0, 0.05) is 31.3 Å². The fraction of sp³-hybridized carbons (Fsp3) is 0.692. The van der Waals surface area contributed by atoms with Crippen molar-refractivity contribution in [3.63, 3.8) is 0 Å². The van der Waals surface area contributed by atoms with Crippen LogP contribution in [0.5, 0.6) is 0 Å². The van der Waals surface area contributed by atoms with E-state index in [1.165, 1.54) is 4.90 Å². The fourth-order valence-electron chi connectivity index (χ4n) is 2.62. The Morgan fingerprint density at radius 2 is 1.60 bits per heavy atom. The van der Waals surface area contributed by atoms with Crippen LogP contribution in [0.3, 0.4) is 0 Å². The largest absolute Gasteiger partial charge is 0.491 e. The summed E-state index contributed by atoms with van der Waals surface area (Å²) in [4.78, 5) is 41.9. The van der Waals surface area contributed by atoms with Crippen LogP contribution in [0.25, 0.3) is 0 Å². The lowest BCUT2D eigenvalue weighted by Crippen LogP contribution is -2.44. The molecule has 2 amide bonds. The smallest absolute Gasteiger partial charge is 0.390 e. The van der Waals surface area contributed by atoms with Gasteiger partial charge in [0.25, 0.3) is 0 Å². The van der Waals surface area contributed by atoms with E-state index in [1.807, 2.05) is 0 Å². The van der Waals surface area contributed by atoms with Crippen LogP contribution in [0.4, 0.5) is 5.95 Å². The maximum absolute atomic E-state index is 12.6. The average Bonchev–Trinajstić information content (AvgIpc) is 3.06. The van der Waals surface area contributed by atoms with Gasteiger partial charge in [-0.15, -0.1) is 0 Å². The van der Waals surface area contributed by atoms with E-state index in [0.717, 1.165) is 4.68 Å². The molecule has 25 heavy (non-hydrogen) atoms. The minimum atomic E-state index is -0.786. The molecule has 0 unspecified atom stereocenters. The third-order valence-corrected chi connectivity index (χ3v) is 3.96. The quantitative estimate of drug-likeness (QED) is 0.472. The molecule has 136 valence electrons. The second-order valence-electron chi connectivity index (χ2n) is 5.55. The van der Waals surface area contributed by atoms with E-state index in [4.69, 9.17) is 9.47 Å². The van der Waals surface area contributed by atoms with Crippen molar-refractivity contribution < 1.29 is 24.0 Å². The first-order valence-corrected chi connectivity index (χ1v) is 7.88. The molecule has 3 heterocycles. The first-order valence-electron chi connectivity index (χ1n) is 7.88. The summed E-state index contributed by atoms with van der Waals surface area (Å²) in [5, 5.41) is 14.7. The van der Waals surface area contributed by atoms with Gasteiger partial charge in [0.2, 0.25) is 5.91 Å². The first kappa shape index (κ1) is 17.2. The number of ether oxygens (including phenoxy) is 2. The van der Waals surface area contributed by atoms with Crippen molar-refractivity contribution in [3.8, 4) is 0 Å². The summed E-state index contributed by atoms with van der Waals surface area (Å²) >= 11 is 0. The average molecular weight is 354 g/mol. The van der Waals surface area contributed by atoms with Crippen molar-refractivity contribution >= 4 is 17.8 Å². The Kier molecular flexibility index (Phi) is 5.19. The van der Waals surface area contributed by atoms with E-state index in [-0.39, 0.29) is 18.3 Å². The molecule has 2 saturated heterocycles. The number of amides is 2. The molecule has 2 aliphatic heterocycles. The monoisotopic (exact) mass is 354 g/mol. The van der Waals surface area contributed by atoms with Crippen LogP contribution in [0.15, 0.2) is 0 Å². The van der Waals surface area contributed by atoms with E-state index in [2.05, 4.69) is 10.1 Å². The van der Waals surface area contributed by atoms with E-state index in [1.54, 1.807) is 4.90 Å². The summed E-state index contributed by atoms with van der Waals surface area (Å²) in [5.74, 6) is -1.71. The van der Waals surface area contributed by atoms with Gasteiger partial charge < -0.3 is 29.4 Å². The summed E-state index contributed by atoms with van der Waals surface area (Å²) < 4.78 is 11.4. The highest BCUT2D eigenvalue weighted by Gasteiger charge is 2.33. The third-order valence-electron chi connectivity index (χ3n) is 3.96. The number of rotatable bonds is 4. The summed E-state index contributed by atoms with van der Waals surface area (Å²) in [6.45, 7) is 2.93. The Labute approximate surface area is 142 Å². The molecule has 0 aromatic carbocycles. The molecular weight excluding hydrogens is 336 g/mol. The highest BCUT2D eigenvalue weighted by Crippen LogP contribution is 2.11. The lowest BCUT2D eigenvalue weighted by Gasteiger charge is -2.27. The van der Waals surface area contributed by atoms with Crippen molar-refractivity contribution in [3.05, 3.63) is 15.9 Å². The van der Waals surface area contributed by atoms with Gasteiger partial charge in [-0.05, 0) is 9.91 Å². The van der Waals surface area contributed by atoms with Gasteiger partial charge in [0.15, 0.2) is 0 Å². The predicted octanol–water partition coefficient (Wildman–Crippen LogP) is -1.48. The summed E-state index contributed by atoms with van der Waals surface area (Å²) in [7, 11) is 0. The van der Waals surface area contributed by atoms with Crippen molar-refractivity contribution in [2.75, 3.05) is 52.6 Å². The Balaban J connectivity index is 1.80. The second-order valence-corrected chi connectivity index (χ2v) is 5.55. The van der Waals surface area contributed by atoms with Gasteiger partial charge in [-0.25, -0.2) is 0 Å². The highest BCUT2D eigenvalue weighted by molar-refractivity contribution is 5.91. The molecule has 2 fully saturated rings. The zero-order valence-corrected chi connectivity index (χ0v) is 13.5. The van der Waals surface area contributed by atoms with E-state index >= 15 is 0 Å². The Morgan fingerprint density at radius 3 is 2.16 bits per heavy atom. The number of carbonyl (C=O) groups is 2. The molecule has 2 aliphatic rings. The predicted molar refractivity (Wildman–Crippen MR) is 80.8 cm³/mol. The number of hydrogen-bond acceptors (Lipinski definition) is 8. The molecule has 0 atom stereocenters. The molecular formula is C13H18N6O6. The molecule has 0 saturated carbocycles. The summed E-state index contributed by atoms with van der Waals surface area (Å²) in [5.41, 5.74) is 0. The van der Waals surface area contributed by atoms with E-state index in [0.29, 0.717) is 52.6 Å². The van der Waals surface area contributed by atoms with Gasteiger partial charge in [-0.1, -0.05) is 0 Å². The van der Waals surface area contributed by atoms with Crippen molar-refractivity contribution in [1.82, 2.24) is 24.6 Å². The minimum Gasteiger partial charge on any atom is -0.390 e.